The number of halogens is 2. The number of rotatable bonds is 11. The van der Waals surface area contributed by atoms with E-state index < -0.39 is 5.25 Å². The van der Waals surface area contributed by atoms with E-state index in [-0.39, 0.29) is 30.2 Å². The van der Waals surface area contributed by atoms with Gasteiger partial charge in [0, 0.05) is 58.8 Å². The fourth-order valence-electron chi connectivity index (χ4n) is 5.25. The highest BCUT2D eigenvalue weighted by Crippen LogP contribution is 2.28. The van der Waals surface area contributed by atoms with E-state index in [2.05, 4.69) is 26.6 Å². The SMILES string of the molecule is CN(C)c1nc(N[C@H]2CC[C@@H](NC(=O)C(CC(=O)c3ccc(Br)cc3)SCc3ccc(Cl)cc3)CC2)nc2ccccc12. The molecule has 1 amide bonds. The molecule has 3 aromatic carbocycles. The molecule has 1 aromatic heterocycles. The number of fused-ring (bicyclic) bond motifs is 1. The second-order valence-corrected chi connectivity index (χ2v) is 13.6. The van der Waals surface area contributed by atoms with Crippen molar-refractivity contribution in [3.8, 4) is 0 Å². The topological polar surface area (TPSA) is 87.2 Å². The Morgan fingerprint density at radius 3 is 2.33 bits per heavy atom. The van der Waals surface area contributed by atoms with Crippen LogP contribution in [0.1, 0.15) is 48.0 Å². The number of ketones is 1. The summed E-state index contributed by atoms with van der Waals surface area (Å²) in [7, 11) is 3.97. The molecule has 1 fully saturated rings. The Labute approximate surface area is 270 Å². The highest BCUT2D eigenvalue weighted by Gasteiger charge is 2.28. The zero-order valence-electron chi connectivity index (χ0n) is 24.2. The Morgan fingerprint density at radius 2 is 1.63 bits per heavy atom. The molecule has 0 bridgehead atoms. The van der Waals surface area contributed by atoms with Crippen molar-refractivity contribution in [1.82, 2.24) is 15.3 Å². The number of benzene rings is 3. The third kappa shape index (κ3) is 8.49. The fourth-order valence-corrected chi connectivity index (χ4v) is 6.72. The molecule has 4 aromatic rings. The van der Waals surface area contributed by atoms with Crippen molar-refractivity contribution in [2.24, 2.45) is 0 Å². The van der Waals surface area contributed by atoms with E-state index >= 15 is 0 Å². The molecule has 1 unspecified atom stereocenters. The van der Waals surface area contributed by atoms with Crippen LogP contribution in [-0.4, -0.2) is 53.1 Å². The third-order valence-electron chi connectivity index (χ3n) is 7.61. The largest absolute Gasteiger partial charge is 0.362 e. The van der Waals surface area contributed by atoms with E-state index in [4.69, 9.17) is 21.6 Å². The third-order valence-corrected chi connectivity index (χ3v) is 9.67. The molecular weight excluding hydrogens is 646 g/mol. The van der Waals surface area contributed by atoms with Gasteiger partial charge in [-0.2, -0.15) is 4.98 Å². The minimum Gasteiger partial charge on any atom is -0.362 e. The smallest absolute Gasteiger partial charge is 0.233 e. The van der Waals surface area contributed by atoms with E-state index in [1.165, 1.54) is 11.8 Å². The lowest BCUT2D eigenvalue weighted by atomic mass is 9.91. The number of hydrogen-bond acceptors (Lipinski definition) is 7. The summed E-state index contributed by atoms with van der Waals surface area (Å²) in [6.07, 6.45) is 3.59. The molecule has 2 N–H and O–H groups in total. The van der Waals surface area contributed by atoms with Gasteiger partial charge in [-0.05, 0) is 67.6 Å². The Kier molecular flexibility index (Phi) is 10.6. The minimum absolute atomic E-state index is 0.0448. The number of carbonyl (C=O) groups excluding carboxylic acids is 2. The van der Waals surface area contributed by atoms with Gasteiger partial charge in [-0.15, -0.1) is 11.8 Å². The van der Waals surface area contributed by atoms with Crippen LogP contribution in [0.5, 0.6) is 0 Å². The van der Waals surface area contributed by atoms with Gasteiger partial charge in [0.05, 0.1) is 10.8 Å². The van der Waals surface area contributed by atoms with Crippen LogP contribution in [0.15, 0.2) is 77.3 Å². The molecule has 5 rings (SSSR count). The quantitative estimate of drug-likeness (QED) is 0.159. The molecule has 1 atom stereocenters. The van der Waals surface area contributed by atoms with Crippen molar-refractivity contribution in [3.63, 3.8) is 0 Å². The van der Waals surface area contributed by atoms with Gasteiger partial charge in [-0.25, -0.2) is 4.98 Å². The number of thioether (sulfide) groups is 1. The van der Waals surface area contributed by atoms with Crippen molar-refractivity contribution in [2.75, 3.05) is 24.3 Å². The molecule has 0 saturated heterocycles. The predicted molar refractivity (Wildman–Crippen MR) is 181 cm³/mol. The van der Waals surface area contributed by atoms with E-state index in [0.29, 0.717) is 22.3 Å². The summed E-state index contributed by atoms with van der Waals surface area (Å²) in [6.45, 7) is 0. The van der Waals surface area contributed by atoms with Gasteiger partial charge in [-0.1, -0.05) is 63.9 Å². The highest BCUT2D eigenvalue weighted by atomic mass is 79.9. The van der Waals surface area contributed by atoms with E-state index in [9.17, 15) is 9.59 Å². The van der Waals surface area contributed by atoms with Crippen molar-refractivity contribution < 1.29 is 9.59 Å². The number of anilines is 2. The second kappa shape index (κ2) is 14.6. The van der Waals surface area contributed by atoms with Gasteiger partial charge in [0.1, 0.15) is 5.82 Å². The molecule has 1 saturated carbocycles. The zero-order valence-corrected chi connectivity index (χ0v) is 27.4. The lowest BCUT2D eigenvalue weighted by Gasteiger charge is -2.31. The number of carbonyl (C=O) groups is 2. The number of hydrogen-bond donors (Lipinski definition) is 2. The fraction of sp³-hybridized carbons (Fsp3) is 0.333. The van der Waals surface area contributed by atoms with Crippen LogP contribution in [0.4, 0.5) is 11.8 Å². The standard InChI is InChI=1S/C33H35BrClN5O2S/c1-40(2)31-27-5-3-4-6-28(27)38-33(39-31)37-26-17-15-25(16-18-26)36-32(42)30(43-20-21-7-13-24(35)14-8-21)19-29(41)22-9-11-23(34)12-10-22/h3-14,25-26,30H,15-20H2,1-2H3,(H,36,42)(H,37,38,39)/t25-,26+,30?. The lowest BCUT2D eigenvalue weighted by Crippen LogP contribution is -2.44. The molecule has 1 heterocycles. The zero-order chi connectivity index (χ0) is 30.3. The molecule has 10 heteroatoms. The van der Waals surface area contributed by atoms with Gasteiger partial charge in [0.15, 0.2) is 5.78 Å². The Bertz CT molecular complexity index is 1560. The Morgan fingerprint density at radius 1 is 0.953 bits per heavy atom. The normalized spacial score (nSPS) is 17.3. The monoisotopic (exact) mass is 679 g/mol. The van der Waals surface area contributed by atoms with Gasteiger partial charge in [-0.3, -0.25) is 9.59 Å². The predicted octanol–water partition coefficient (Wildman–Crippen LogP) is 7.53. The second-order valence-electron chi connectivity index (χ2n) is 11.0. The first-order valence-electron chi connectivity index (χ1n) is 14.4. The first-order chi connectivity index (χ1) is 20.7. The first kappa shape index (κ1) is 31.3. The number of nitrogens with one attached hydrogen (secondary N) is 2. The van der Waals surface area contributed by atoms with Crippen molar-refractivity contribution in [1.29, 1.82) is 0 Å². The molecular formula is C33H35BrClN5O2S. The molecule has 7 nitrogen and oxygen atoms in total. The van der Waals surface area contributed by atoms with E-state index in [0.717, 1.165) is 52.4 Å². The van der Waals surface area contributed by atoms with Crippen molar-refractivity contribution in [3.05, 3.63) is 93.4 Å². The Balaban J connectivity index is 1.20. The average Bonchev–Trinajstić information content (AvgIpc) is 3.00. The summed E-state index contributed by atoms with van der Waals surface area (Å²) in [5, 5.41) is 7.98. The molecule has 0 radical (unpaired) electrons. The first-order valence-corrected chi connectivity index (χ1v) is 16.6. The number of para-hydroxylation sites is 1. The van der Waals surface area contributed by atoms with Crippen molar-refractivity contribution in [2.45, 2.75) is 55.2 Å². The van der Waals surface area contributed by atoms with Gasteiger partial charge in [0.25, 0.3) is 0 Å². The summed E-state index contributed by atoms with van der Waals surface area (Å²) in [4.78, 5) is 38.2. The summed E-state index contributed by atoms with van der Waals surface area (Å²) in [6, 6.07) is 23.2. The van der Waals surface area contributed by atoms with Crippen LogP contribution in [0.25, 0.3) is 10.9 Å². The van der Waals surface area contributed by atoms with Crippen LogP contribution in [0.3, 0.4) is 0 Å². The maximum Gasteiger partial charge on any atom is 0.233 e. The summed E-state index contributed by atoms with van der Waals surface area (Å²) in [5.41, 5.74) is 2.57. The van der Waals surface area contributed by atoms with Crippen molar-refractivity contribution >= 4 is 73.7 Å². The number of nitrogens with zero attached hydrogens (tertiary/aromatic N) is 3. The summed E-state index contributed by atoms with van der Waals surface area (Å²) >= 11 is 11.0. The minimum atomic E-state index is -0.502. The number of Topliss-reactive ketones (excluding diaryl/α,β-unsaturated/α-hetero) is 1. The van der Waals surface area contributed by atoms with Gasteiger partial charge < -0.3 is 15.5 Å². The van der Waals surface area contributed by atoms with Crippen LogP contribution in [0, 0.1) is 0 Å². The van der Waals surface area contributed by atoms with Crippen LogP contribution < -0.4 is 15.5 Å². The molecule has 43 heavy (non-hydrogen) atoms. The van der Waals surface area contributed by atoms with Gasteiger partial charge in [0.2, 0.25) is 11.9 Å². The maximum absolute atomic E-state index is 13.6. The summed E-state index contributed by atoms with van der Waals surface area (Å²) in [5.74, 6) is 1.99. The molecule has 1 aliphatic carbocycles. The molecule has 0 spiro atoms. The summed E-state index contributed by atoms with van der Waals surface area (Å²) < 4.78 is 0.908. The highest BCUT2D eigenvalue weighted by molar-refractivity contribution is 9.10. The molecule has 1 aliphatic rings. The lowest BCUT2D eigenvalue weighted by molar-refractivity contribution is -0.121. The Hall–Kier alpha value is -3.14. The number of aromatic nitrogens is 2. The van der Waals surface area contributed by atoms with Gasteiger partial charge >= 0.3 is 0 Å². The molecule has 224 valence electrons. The maximum atomic E-state index is 13.6. The van der Waals surface area contributed by atoms with E-state index in [1.807, 2.05) is 79.7 Å². The van der Waals surface area contributed by atoms with E-state index in [1.54, 1.807) is 12.1 Å². The average molecular weight is 681 g/mol. The molecule has 0 aliphatic heterocycles. The van der Waals surface area contributed by atoms with Crippen LogP contribution in [0.2, 0.25) is 5.02 Å². The number of amides is 1. The van der Waals surface area contributed by atoms with Crippen LogP contribution >= 0.6 is 39.3 Å². The van der Waals surface area contributed by atoms with Crippen LogP contribution in [-0.2, 0) is 10.5 Å².